The number of carbonyl (C=O) groups is 1. The Morgan fingerprint density at radius 1 is 1.47 bits per heavy atom. The highest BCUT2D eigenvalue weighted by atomic mass is 16.4. The summed E-state index contributed by atoms with van der Waals surface area (Å²) in [5.74, 6) is -1.23. The zero-order valence-corrected chi connectivity index (χ0v) is 9.14. The molecule has 2 aromatic rings. The van der Waals surface area contributed by atoms with Gasteiger partial charge in [-0.25, -0.2) is 14.6 Å². The first-order valence-electron chi connectivity index (χ1n) is 4.75. The van der Waals surface area contributed by atoms with Crippen LogP contribution < -0.4 is 11.2 Å². The number of rotatable bonds is 1. The van der Waals surface area contributed by atoms with Crippen molar-refractivity contribution in [2.75, 3.05) is 0 Å². The Morgan fingerprint density at radius 3 is 2.71 bits per heavy atom. The average molecular weight is 235 g/mol. The quantitative estimate of drug-likeness (QED) is 0.701. The van der Waals surface area contributed by atoms with Gasteiger partial charge < -0.3 is 5.11 Å². The lowest BCUT2D eigenvalue weighted by atomic mass is 10.1. The molecule has 0 saturated carbocycles. The SMILES string of the molecule is Cc1cc(C(=O)O)c2c(=O)[nH]c(=O)n(C)c2n1. The van der Waals surface area contributed by atoms with Crippen molar-refractivity contribution in [3.63, 3.8) is 0 Å². The summed E-state index contributed by atoms with van der Waals surface area (Å²) in [6.07, 6.45) is 0. The molecule has 0 spiro atoms. The highest BCUT2D eigenvalue weighted by Crippen LogP contribution is 2.12. The Balaban J connectivity index is 3.15. The maximum atomic E-state index is 11.6. The van der Waals surface area contributed by atoms with Gasteiger partial charge in [0.2, 0.25) is 0 Å². The minimum Gasteiger partial charge on any atom is -0.478 e. The molecule has 7 nitrogen and oxygen atoms in total. The first kappa shape index (κ1) is 11.1. The van der Waals surface area contributed by atoms with Crippen LogP contribution in [0.4, 0.5) is 0 Å². The maximum absolute atomic E-state index is 11.6. The van der Waals surface area contributed by atoms with Gasteiger partial charge in [-0.15, -0.1) is 0 Å². The van der Waals surface area contributed by atoms with Gasteiger partial charge in [-0.2, -0.15) is 0 Å². The summed E-state index contributed by atoms with van der Waals surface area (Å²) in [6, 6.07) is 1.30. The van der Waals surface area contributed by atoms with Crippen LogP contribution in [0.3, 0.4) is 0 Å². The standard InChI is InChI=1S/C10H9N3O4/c1-4-3-5(9(15)16)6-7(11-4)13(2)10(17)12-8(6)14/h3H,1-2H3,(H,15,16)(H,12,14,17). The van der Waals surface area contributed by atoms with E-state index in [-0.39, 0.29) is 16.6 Å². The van der Waals surface area contributed by atoms with E-state index in [9.17, 15) is 14.4 Å². The van der Waals surface area contributed by atoms with Gasteiger partial charge in [-0.3, -0.25) is 14.3 Å². The molecule has 2 aromatic heterocycles. The summed E-state index contributed by atoms with van der Waals surface area (Å²) in [5, 5.41) is 8.93. The van der Waals surface area contributed by atoms with Crippen LogP contribution in [0.15, 0.2) is 15.7 Å². The van der Waals surface area contributed by atoms with Crippen LogP contribution in [-0.2, 0) is 7.05 Å². The van der Waals surface area contributed by atoms with E-state index in [1.54, 1.807) is 6.92 Å². The Kier molecular flexibility index (Phi) is 2.31. The molecule has 0 aliphatic carbocycles. The molecule has 0 bridgehead atoms. The van der Waals surface area contributed by atoms with Crippen LogP contribution in [0.25, 0.3) is 11.0 Å². The number of hydrogen-bond acceptors (Lipinski definition) is 4. The lowest BCUT2D eigenvalue weighted by Crippen LogP contribution is -2.30. The highest BCUT2D eigenvalue weighted by molar-refractivity contribution is 6.01. The van der Waals surface area contributed by atoms with E-state index in [1.807, 2.05) is 4.98 Å². The molecule has 0 aliphatic heterocycles. The molecule has 0 unspecified atom stereocenters. The largest absolute Gasteiger partial charge is 0.478 e. The number of H-pyrrole nitrogens is 1. The van der Waals surface area contributed by atoms with Gasteiger partial charge in [0.1, 0.15) is 5.65 Å². The number of fused-ring (bicyclic) bond motifs is 1. The normalized spacial score (nSPS) is 10.7. The fraction of sp³-hybridized carbons (Fsp3) is 0.200. The van der Waals surface area contributed by atoms with Crippen LogP contribution in [0, 0.1) is 6.92 Å². The molecule has 7 heteroatoms. The molecular formula is C10H9N3O4. The molecule has 2 N–H and O–H groups in total. The van der Waals surface area contributed by atoms with Gasteiger partial charge >= 0.3 is 11.7 Å². The molecule has 0 atom stereocenters. The number of aromatic carboxylic acids is 1. The third-order valence-corrected chi connectivity index (χ3v) is 2.43. The second-order valence-electron chi connectivity index (χ2n) is 3.63. The van der Waals surface area contributed by atoms with Gasteiger partial charge in [-0.05, 0) is 13.0 Å². The maximum Gasteiger partial charge on any atom is 0.336 e. The van der Waals surface area contributed by atoms with E-state index in [0.717, 1.165) is 4.57 Å². The summed E-state index contributed by atoms with van der Waals surface area (Å²) in [5.41, 5.74) is -1.04. The number of aromatic amines is 1. The fourth-order valence-corrected chi connectivity index (χ4v) is 1.63. The zero-order valence-electron chi connectivity index (χ0n) is 9.14. The number of carboxylic acids is 1. The van der Waals surface area contributed by atoms with Crippen molar-refractivity contribution in [1.82, 2.24) is 14.5 Å². The molecule has 17 heavy (non-hydrogen) atoms. The van der Waals surface area contributed by atoms with E-state index in [1.165, 1.54) is 13.1 Å². The number of nitrogens with zero attached hydrogens (tertiary/aromatic N) is 2. The predicted octanol–water partition coefficient (Wildman–Crippen LogP) is -0.372. The summed E-state index contributed by atoms with van der Waals surface area (Å²) in [4.78, 5) is 40.1. The predicted molar refractivity (Wildman–Crippen MR) is 59.3 cm³/mol. The number of nitrogens with one attached hydrogen (secondary N) is 1. The van der Waals surface area contributed by atoms with Crippen molar-refractivity contribution in [3.8, 4) is 0 Å². The van der Waals surface area contributed by atoms with Gasteiger partial charge in [0.05, 0.1) is 10.9 Å². The van der Waals surface area contributed by atoms with E-state index in [2.05, 4.69) is 4.98 Å². The van der Waals surface area contributed by atoms with Gasteiger partial charge in [0.15, 0.2) is 0 Å². The Labute approximate surface area is 94.4 Å². The number of pyridine rings is 1. The summed E-state index contributed by atoms with van der Waals surface area (Å²) >= 11 is 0. The van der Waals surface area contributed by atoms with Crippen LogP contribution >= 0.6 is 0 Å². The van der Waals surface area contributed by atoms with E-state index in [0.29, 0.717) is 5.69 Å². The summed E-state index contributed by atoms with van der Waals surface area (Å²) in [7, 11) is 1.42. The second-order valence-corrected chi connectivity index (χ2v) is 3.63. The first-order chi connectivity index (χ1) is 7.91. The Bertz CT molecular complexity index is 742. The lowest BCUT2D eigenvalue weighted by molar-refractivity contribution is 0.0698. The number of aryl methyl sites for hydroxylation is 2. The van der Waals surface area contributed by atoms with Crippen molar-refractivity contribution >= 4 is 17.0 Å². The van der Waals surface area contributed by atoms with Crippen molar-refractivity contribution in [2.45, 2.75) is 6.92 Å². The monoisotopic (exact) mass is 235 g/mol. The molecule has 0 saturated heterocycles. The van der Waals surface area contributed by atoms with Crippen LogP contribution in [-0.4, -0.2) is 25.6 Å². The molecule has 2 heterocycles. The third kappa shape index (κ3) is 1.61. The number of carboxylic acid groups (broad SMARTS) is 1. The molecule has 2 rings (SSSR count). The molecule has 0 fully saturated rings. The molecule has 0 aromatic carbocycles. The average Bonchev–Trinajstić information content (AvgIpc) is 2.24. The van der Waals surface area contributed by atoms with Crippen LogP contribution in [0.5, 0.6) is 0 Å². The van der Waals surface area contributed by atoms with Crippen LogP contribution in [0.2, 0.25) is 0 Å². The van der Waals surface area contributed by atoms with Gasteiger partial charge in [0.25, 0.3) is 5.56 Å². The smallest absolute Gasteiger partial charge is 0.336 e. The van der Waals surface area contributed by atoms with Crippen molar-refractivity contribution in [1.29, 1.82) is 0 Å². The Hall–Kier alpha value is -2.44. The molecule has 0 radical (unpaired) electrons. The van der Waals surface area contributed by atoms with E-state index >= 15 is 0 Å². The summed E-state index contributed by atoms with van der Waals surface area (Å²) < 4.78 is 1.11. The van der Waals surface area contributed by atoms with Gasteiger partial charge in [0, 0.05) is 12.7 Å². The number of aromatic nitrogens is 3. The highest BCUT2D eigenvalue weighted by Gasteiger charge is 2.16. The molecule has 88 valence electrons. The first-order valence-corrected chi connectivity index (χ1v) is 4.75. The lowest BCUT2D eigenvalue weighted by Gasteiger charge is -2.06. The van der Waals surface area contributed by atoms with E-state index in [4.69, 9.17) is 5.11 Å². The minimum atomic E-state index is -1.23. The van der Waals surface area contributed by atoms with Crippen molar-refractivity contribution in [3.05, 3.63) is 38.2 Å². The minimum absolute atomic E-state index is 0.0659. The number of hydrogen-bond donors (Lipinski definition) is 2. The van der Waals surface area contributed by atoms with E-state index < -0.39 is 17.2 Å². The zero-order chi connectivity index (χ0) is 12.7. The van der Waals surface area contributed by atoms with Gasteiger partial charge in [-0.1, -0.05) is 0 Å². The van der Waals surface area contributed by atoms with Crippen molar-refractivity contribution in [2.24, 2.45) is 7.05 Å². The Morgan fingerprint density at radius 2 is 2.12 bits per heavy atom. The van der Waals surface area contributed by atoms with Crippen molar-refractivity contribution < 1.29 is 9.90 Å². The molecule has 0 amide bonds. The molecular weight excluding hydrogens is 226 g/mol. The topological polar surface area (TPSA) is 105 Å². The molecule has 0 aliphatic rings. The third-order valence-electron chi connectivity index (χ3n) is 2.43. The fourth-order valence-electron chi connectivity index (χ4n) is 1.63. The van der Waals surface area contributed by atoms with Crippen LogP contribution in [0.1, 0.15) is 16.1 Å². The second kappa shape index (κ2) is 3.55. The summed E-state index contributed by atoms with van der Waals surface area (Å²) in [6.45, 7) is 1.59.